The van der Waals surface area contributed by atoms with E-state index in [1.807, 2.05) is 6.20 Å². The Bertz CT molecular complexity index is 526. The Morgan fingerprint density at radius 1 is 1.27 bits per heavy atom. The van der Waals surface area contributed by atoms with Gasteiger partial charge in [-0.05, 0) is 46.2 Å². The van der Waals surface area contributed by atoms with Crippen molar-refractivity contribution in [3.05, 3.63) is 16.1 Å². The molecule has 26 heavy (non-hydrogen) atoms. The third-order valence-electron chi connectivity index (χ3n) is 5.00. The second-order valence-electron chi connectivity index (χ2n) is 7.08. The molecule has 0 radical (unpaired) electrons. The number of hydrogen-bond donors (Lipinski definition) is 2. The number of aliphatic imine (C=N–C) groups is 1. The van der Waals surface area contributed by atoms with Crippen LogP contribution < -0.4 is 10.6 Å². The number of rotatable bonds is 8. The minimum absolute atomic E-state index is 0. The Labute approximate surface area is 180 Å². The zero-order valence-electron chi connectivity index (χ0n) is 16.8. The van der Waals surface area contributed by atoms with Gasteiger partial charge in [0.2, 0.25) is 0 Å². The normalized spacial score (nSPS) is 17.0. The van der Waals surface area contributed by atoms with Gasteiger partial charge in [0.1, 0.15) is 5.01 Å². The fourth-order valence-electron chi connectivity index (χ4n) is 3.56. The molecule has 0 amide bonds. The maximum Gasteiger partial charge on any atom is 0.191 e. The van der Waals surface area contributed by atoms with E-state index in [0.717, 1.165) is 36.4 Å². The first kappa shape index (κ1) is 23.6. The average molecular weight is 494 g/mol. The SMILES string of the molecule is CCNC(=NCc1ncc(CC)s1)NCC(C1CCCCC1)N(C)C.I. The highest BCUT2D eigenvalue weighted by Crippen LogP contribution is 2.28. The molecule has 7 heteroatoms. The number of guanidine groups is 1. The van der Waals surface area contributed by atoms with Crippen LogP contribution in [0.3, 0.4) is 0 Å². The fraction of sp³-hybridized carbons (Fsp3) is 0.789. The molecule has 1 aliphatic rings. The Hall–Kier alpha value is -0.410. The molecule has 0 bridgehead atoms. The maximum absolute atomic E-state index is 4.73. The average Bonchev–Trinajstić information content (AvgIpc) is 3.08. The van der Waals surface area contributed by atoms with Gasteiger partial charge in [-0.15, -0.1) is 35.3 Å². The van der Waals surface area contributed by atoms with Gasteiger partial charge in [0, 0.05) is 30.2 Å². The van der Waals surface area contributed by atoms with Crippen LogP contribution in [0.1, 0.15) is 55.8 Å². The predicted octanol–water partition coefficient (Wildman–Crippen LogP) is 3.89. The first-order valence-electron chi connectivity index (χ1n) is 9.76. The highest BCUT2D eigenvalue weighted by molar-refractivity contribution is 14.0. The van der Waals surface area contributed by atoms with Crippen molar-refractivity contribution in [2.75, 3.05) is 27.2 Å². The summed E-state index contributed by atoms with van der Waals surface area (Å²) in [5.41, 5.74) is 0. The van der Waals surface area contributed by atoms with Gasteiger partial charge >= 0.3 is 0 Å². The van der Waals surface area contributed by atoms with Crippen molar-refractivity contribution in [3.8, 4) is 0 Å². The number of hydrogen-bond acceptors (Lipinski definition) is 4. The molecular weight excluding hydrogens is 457 g/mol. The molecule has 1 aliphatic carbocycles. The van der Waals surface area contributed by atoms with Crippen molar-refractivity contribution in [2.24, 2.45) is 10.9 Å². The quantitative estimate of drug-likeness (QED) is 0.328. The summed E-state index contributed by atoms with van der Waals surface area (Å²) in [6.07, 6.45) is 9.91. The van der Waals surface area contributed by atoms with Crippen LogP contribution in [0, 0.1) is 5.92 Å². The second-order valence-corrected chi connectivity index (χ2v) is 8.28. The Morgan fingerprint density at radius 3 is 2.58 bits per heavy atom. The molecular formula is C19H36IN5S. The Kier molecular flexibility index (Phi) is 11.7. The maximum atomic E-state index is 4.73. The van der Waals surface area contributed by atoms with E-state index in [2.05, 4.69) is 48.5 Å². The lowest BCUT2D eigenvalue weighted by atomic mass is 9.83. The van der Waals surface area contributed by atoms with Crippen molar-refractivity contribution >= 4 is 41.3 Å². The molecule has 0 saturated heterocycles. The van der Waals surface area contributed by atoms with Gasteiger partial charge in [0.05, 0.1) is 6.54 Å². The van der Waals surface area contributed by atoms with Gasteiger partial charge in [-0.1, -0.05) is 26.2 Å². The topological polar surface area (TPSA) is 52.6 Å². The Balaban J connectivity index is 0.00000338. The monoisotopic (exact) mass is 493 g/mol. The summed E-state index contributed by atoms with van der Waals surface area (Å²) in [6.45, 7) is 6.75. The van der Waals surface area contributed by atoms with Crippen LogP contribution in [0.25, 0.3) is 0 Å². The highest BCUT2D eigenvalue weighted by Gasteiger charge is 2.25. The summed E-state index contributed by atoms with van der Waals surface area (Å²) in [7, 11) is 4.40. The lowest BCUT2D eigenvalue weighted by Crippen LogP contribution is -2.48. The molecule has 5 nitrogen and oxygen atoms in total. The number of aryl methyl sites for hydroxylation is 1. The summed E-state index contributed by atoms with van der Waals surface area (Å²) in [6, 6.07) is 0.565. The van der Waals surface area contributed by atoms with Crippen molar-refractivity contribution < 1.29 is 0 Å². The number of nitrogens with zero attached hydrogens (tertiary/aromatic N) is 3. The molecule has 0 spiro atoms. The zero-order chi connectivity index (χ0) is 18.1. The highest BCUT2D eigenvalue weighted by atomic mass is 127. The van der Waals surface area contributed by atoms with Crippen molar-refractivity contribution in [3.63, 3.8) is 0 Å². The molecule has 2 N–H and O–H groups in total. The number of halogens is 1. The van der Waals surface area contributed by atoms with E-state index in [-0.39, 0.29) is 24.0 Å². The molecule has 150 valence electrons. The van der Waals surface area contributed by atoms with Crippen LogP contribution in [0.2, 0.25) is 0 Å². The van der Waals surface area contributed by atoms with Gasteiger partial charge in [0.15, 0.2) is 5.96 Å². The molecule has 0 aliphatic heterocycles. The molecule has 0 aromatic carbocycles. The number of likely N-dealkylation sites (N-methyl/N-ethyl adjacent to an activating group) is 1. The van der Waals surface area contributed by atoms with Gasteiger partial charge in [-0.3, -0.25) is 0 Å². The van der Waals surface area contributed by atoms with Gasteiger partial charge in [0.25, 0.3) is 0 Å². The molecule has 1 atom stereocenters. The zero-order valence-corrected chi connectivity index (χ0v) is 19.9. The first-order valence-corrected chi connectivity index (χ1v) is 10.6. The number of thiazole rings is 1. The van der Waals surface area contributed by atoms with E-state index in [4.69, 9.17) is 4.99 Å². The molecule has 1 heterocycles. The second kappa shape index (κ2) is 12.9. The molecule has 1 aromatic rings. The summed E-state index contributed by atoms with van der Waals surface area (Å²) in [5, 5.41) is 8.02. The van der Waals surface area contributed by atoms with Crippen molar-refractivity contribution in [1.29, 1.82) is 0 Å². The Morgan fingerprint density at radius 2 is 2.00 bits per heavy atom. The fourth-order valence-corrected chi connectivity index (χ4v) is 4.35. The summed E-state index contributed by atoms with van der Waals surface area (Å²) in [5.74, 6) is 1.70. The van der Waals surface area contributed by atoms with Crippen molar-refractivity contribution in [2.45, 2.75) is 65.0 Å². The smallest absolute Gasteiger partial charge is 0.191 e. The number of aromatic nitrogens is 1. The molecule has 1 saturated carbocycles. The van der Waals surface area contributed by atoms with E-state index < -0.39 is 0 Å². The summed E-state index contributed by atoms with van der Waals surface area (Å²) in [4.78, 5) is 12.9. The minimum atomic E-state index is 0. The van der Waals surface area contributed by atoms with E-state index in [1.165, 1.54) is 37.0 Å². The van der Waals surface area contributed by atoms with Crippen LogP contribution in [0.15, 0.2) is 11.2 Å². The molecule has 2 rings (SSSR count). The molecule has 1 unspecified atom stereocenters. The predicted molar refractivity (Wildman–Crippen MR) is 124 cm³/mol. The van der Waals surface area contributed by atoms with Crippen LogP contribution in [-0.2, 0) is 13.0 Å². The third kappa shape index (κ3) is 7.68. The van der Waals surface area contributed by atoms with Crippen LogP contribution in [0.5, 0.6) is 0 Å². The number of nitrogens with one attached hydrogen (secondary N) is 2. The van der Waals surface area contributed by atoms with E-state index in [9.17, 15) is 0 Å². The minimum Gasteiger partial charge on any atom is -0.357 e. The molecule has 1 aromatic heterocycles. The van der Waals surface area contributed by atoms with Crippen molar-refractivity contribution in [1.82, 2.24) is 20.5 Å². The van der Waals surface area contributed by atoms with Gasteiger partial charge < -0.3 is 15.5 Å². The van der Waals surface area contributed by atoms with E-state index >= 15 is 0 Å². The lowest BCUT2D eigenvalue weighted by molar-refractivity contribution is 0.171. The van der Waals surface area contributed by atoms with Gasteiger partial charge in [-0.2, -0.15) is 0 Å². The van der Waals surface area contributed by atoms with E-state index in [0.29, 0.717) is 12.6 Å². The lowest BCUT2D eigenvalue weighted by Gasteiger charge is -2.35. The third-order valence-corrected chi connectivity index (χ3v) is 6.13. The summed E-state index contributed by atoms with van der Waals surface area (Å²) >= 11 is 1.76. The summed E-state index contributed by atoms with van der Waals surface area (Å²) < 4.78 is 0. The van der Waals surface area contributed by atoms with Crippen LogP contribution in [-0.4, -0.2) is 49.1 Å². The first-order chi connectivity index (χ1) is 12.1. The largest absolute Gasteiger partial charge is 0.357 e. The van der Waals surface area contributed by atoms with Gasteiger partial charge in [-0.25, -0.2) is 9.98 Å². The molecule has 1 fully saturated rings. The standard InChI is InChI=1S/C19H35N5S.HI/c1-5-16-12-21-18(25-16)14-23-19(20-6-2)22-13-17(24(3)4)15-10-8-7-9-11-15;/h12,15,17H,5-11,13-14H2,1-4H3,(H2,20,22,23);1H. The van der Waals surface area contributed by atoms with Crippen LogP contribution in [0.4, 0.5) is 0 Å². The van der Waals surface area contributed by atoms with E-state index in [1.54, 1.807) is 11.3 Å². The van der Waals surface area contributed by atoms with Crippen LogP contribution >= 0.6 is 35.3 Å².